The van der Waals surface area contributed by atoms with Crippen LogP contribution in [-0.4, -0.2) is 49.2 Å². The fourth-order valence-electron chi connectivity index (χ4n) is 2.48. The number of sulfone groups is 1. The van der Waals surface area contributed by atoms with Crippen LogP contribution in [0.1, 0.15) is 31.2 Å². The van der Waals surface area contributed by atoms with Gasteiger partial charge in [-0.2, -0.15) is 0 Å². The van der Waals surface area contributed by atoms with Gasteiger partial charge in [0.2, 0.25) is 0 Å². The van der Waals surface area contributed by atoms with Gasteiger partial charge in [0.25, 0.3) is 10.0 Å². The quantitative estimate of drug-likeness (QED) is 0.619. The van der Waals surface area contributed by atoms with Gasteiger partial charge in [-0.25, -0.2) is 26.4 Å². The highest BCUT2D eigenvalue weighted by molar-refractivity contribution is 7.94. The summed E-state index contributed by atoms with van der Waals surface area (Å²) in [5.41, 5.74) is 0.533. The lowest BCUT2D eigenvalue weighted by Gasteiger charge is -2.09. The molecule has 1 aromatic heterocycles. The van der Waals surface area contributed by atoms with Crippen molar-refractivity contribution < 1.29 is 35.9 Å². The summed E-state index contributed by atoms with van der Waals surface area (Å²) in [5.74, 6) is -1.86. The summed E-state index contributed by atoms with van der Waals surface area (Å²) in [6.07, 6.45) is 1.09. The van der Waals surface area contributed by atoms with Crippen molar-refractivity contribution in [2.45, 2.75) is 16.9 Å². The highest BCUT2D eigenvalue weighted by Crippen LogP contribution is 2.34. The third kappa shape index (κ3) is 5.34. The third-order valence-corrected chi connectivity index (χ3v) is 7.78. The van der Waals surface area contributed by atoms with Crippen LogP contribution in [0.5, 0.6) is 0 Å². The number of sulfonamides is 1. The van der Waals surface area contributed by atoms with Crippen LogP contribution in [0.4, 0.5) is 5.69 Å². The lowest BCUT2D eigenvalue weighted by molar-refractivity contribution is 0.0596. The van der Waals surface area contributed by atoms with Crippen LogP contribution in [0.25, 0.3) is 0 Å². The summed E-state index contributed by atoms with van der Waals surface area (Å²) < 4.78 is 59.7. The Balaban J connectivity index is 2.45. The Morgan fingerprint density at radius 1 is 1.00 bits per heavy atom. The van der Waals surface area contributed by atoms with E-state index in [1.807, 2.05) is 0 Å². The van der Waals surface area contributed by atoms with E-state index in [2.05, 4.69) is 14.2 Å². The first kappa shape index (κ1) is 22.8. The van der Waals surface area contributed by atoms with Gasteiger partial charge in [0, 0.05) is 11.9 Å². The lowest BCUT2D eigenvalue weighted by Crippen LogP contribution is -2.16. The van der Waals surface area contributed by atoms with Crippen LogP contribution in [0, 0.1) is 6.92 Å². The Labute approximate surface area is 172 Å². The number of ether oxygens (including phenoxy) is 2. The molecule has 0 aliphatic rings. The standard InChI is InChI=1S/C17H19NO8S3/c1-10-13(15(19)25-2)17(27-14(10)16(20)26-3)29(23,24)18-12-7-5-11(6-8-12)9-28(4,21)22/h5-8,18H,9H2,1-4H3. The molecule has 12 heteroatoms. The van der Waals surface area contributed by atoms with Gasteiger partial charge in [0.1, 0.15) is 4.88 Å². The number of hydrogen-bond donors (Lipinski definition) is 1. The Hall–Kier alpha value is -2.44. The van der Waals surface area contributed by atoms with Gasteiger partial charge in [0.15, 0.2) is 14.0 Å². The van der Waals surface area contributed by atoms with Gasteiger partial charge < -0.3 is 9.47 Å². The van der Waals surface area contributed by atoms with E-state index in [0.717, 1.165) is 20.5 Å². The van der Waals surface area contributed by atoms with E-state index < -0.39 is 31.8 Å². The van der Waals surface area contributed by atoms with Crippen molar-refractivity contribution in [1.82, 2.24) is 0 Å². The minimum absolute atomic E-state index is 0.0308. The molecule has 2 aromatic rings. The fraction of sp³-hybridized carbons (Fsp3) is 0.294. The SMILES string of the molecule is COC(=O)c1sc(S(=O)(=O)Nc2ccc(CS(C)(=O)=O)cc2)c(C(=O)OC)c1C. The van der Waals surface area contributed by atoms with Gasteiger partial charge in [-0.1, -0.05) is 12.1 Å². The maximum Gasteiger partial charge on any atom is 0.348 e. The smallest absolute Gasteiger partial charge is 0.348 e. The van der Waals surface area contributed by atoms with Crippen molar-refractivity contribution in [2.75, 3.05) is 25.2 Å². The molecule has 1 N–H and O–H groups in total. The molecule has 0 fully saturated rings. The monoisotopic (exact) mass is 461 g/mol. The normalized spacial score (nSPS) is 11.7. The molecule has 158 valence electrons. The maximum atomic E-state index is 12.9. The van der Waals surface area contributed by atoms with Gasteiger partial charge in [-0.3, -0.25) is 4.72 Å². The fourth-order valence-corrected chi connectivity index (χ4v) is 6.08. The molecule has 0 spiro atoms. The largest absolute Gasteiger partial charge is 0.465 e. The second-order valence-electron chi connectivity index (χ2n) is 6.07. The van der Waals surface area contributed by atoms with Crippen LogP contribution in [0.15, 0.2) is 28.5 Å². The van der Waals surface area contributed by atoms with Crippen LogP contribution in [0.2, 0.25) is 0 Å². The summed E-state index contributed by atoms with van der Waals surface area (Å²) >= 11 is 0.595. The van der Waals surface area contributed by atoms with Gasteiger partial charge in [-0.15, -0.1) is 11.3 Å². The molecule has 1 aromatic carbocycles. The first-order chi connectivity index (χ1) is 13.4. The lowest BCUT2D eigenvalue weighted by atomic mass is 10.2. The number of carbonyl (C=O) groups excluding carboxylic acids is 2. The Kier molecular flexibility index (Phi) is 6.71. The molecule has 0 aliphatic carbocycles. The highest BCUT2D eigenvalue weighted by Gasteiger charge is 2.32. The molecule has 0 radical (unpaired) electrons. The van der Waals surface area contributed by atoms with E-state index in [9.17, 15) is 26.4 Å². The first-order valence-electron chi connectivity index (χ1n) is 7.99. The first-order valence-corrected chi connectivity index (χ1v) is 12.3. The number of anilines is 1. The Morgan fingerprint density at radius 3 is 2.03 bits per heavy atom. The predicted octanol–water partition coefficient (Wildman–Crippen LogP) is 1.98. The van der Waals surface area contributed by atoms with Crippen molar-refractivity contribution in [3.63, 3.8) is 0 Å². The number of methoxy groups -OCH3 is 2. The van der Waals surface area contributed by atoms with Crippen LogP contribution < -0.4 is 4.72 Å². The number of carbonyl (C=O) groups is 2. The molecule has 9 nitrogen and oxygen atoms in total. The van der Waals surface area contributed by atoms with Gasteiger partial charge in [-0.05, 0) is 30.2 Å². The summed E-state index contributed by atoms with van der Waals surface area (Å²) in [6.45, 7) is 1.42. The second kappa shape index (κ2) is 8.51. The van der Waals surface area contributed by atoms with Crippen molar-refractivity contribution in [3.8, 4) is 0 Å². The third-order valence-electron chi connectivity index (χ3n) is 3.75. The Morgan fingerprint density at radius 2 is 1.55 bits per heavy atom. The van der Waals surface area contributed by atoms with E-state index in [1.165, 1.54) is 31.2 Å². The molecule has 0 bridgehead atoms. The maximum absolute atomic E-state index is 12.9. The number of esters is 2. The van der Waals surface area contributed by atoms with Crippen molar-refractivity contribution in [2.24, 2.45) is 0 Å². The molecule has 0 unspecified atom stereocenters. The van der Waals surface area contributed by atoms with Crippen LogP contribution in [0.3, 0.4) is 0 Å². The topological polar surface area (TPSA) is 133 Å². The Bertz CT molecular complexity index is 1150. The average Bonchev–Trinajstić information content (AvgIpc) is 2.99. The van der Waals surface area contributed by atoms with E-state index in [-0.39, 0.29) is 31.7 Å². The molecular weight excluding hydrogens is 442 g/mol. The van der Waals surface area contributed by atoms with E-state index in [1.54, 1.807) is 0 Å². The zero-order chi connectivity index (χ0) is 22.0. The molecule has 0 saturated carbocycles. The van der Waals surface area contributed by atoms with E-state index in [4.69, 9.17) is 0 Å². The zero-order valence-electron chi connectivity index (χ0n) is 16.0. The molecule has 0 saturated heterocycles. The number of benzene rings is 1. The van der Waals surface area contributed by atoms with E-state index >= 15 is 0 Å². The highest BCUT2D eigenvalue weighted by atomic mass is 32.2. The predicted molar refractivity (Wildman–Crippen MR) is 108 cm³/mol. The minimum atomic E-state index is -4.25. The number of hydrogen-bond acceptors (Lipinski definition) is 9. The minimum Gasteiger partial charge on any atom is -0.465 e. The second-order valence-corrected chi connectivity index (χ2v) is 11.1. The van der Waals surface area contributed by atoms with E-state index in [0.29, 0.717) is 16.9 Å². The van der Waals surface area contributed by atoms with Crippen molar-refractivity contribution >= 4 is 48.8 Å². The number of thiophene rings is 1. The summed E-state index contributed by atoms with van der Waals surface area (Å²) in [7, 11) is -5.24. The van der Waals surface area contributed by atoms with Crippen molar-refractivity contribution in [3.05, 3.63) is 45.8 Å². The zero-order valence-corrected chi connectivity index (χ0v) is 18.5. The molecule has 0 atom stereocenters. The molecule has 29 heavy (non-hydrogen) atoms. The van der Waals surface area contributed by atoms with Gasteiger partial charge >= 0.3 is 11.9 Å². The number of nitrogens with one attached hydrogen (secondary N) is 1. The summed E-state index contributed by atoms with van der Waals surface area (Å²) in [6, 6.07) is 5.74. The summed E-state index contributed by atoms with van der Waals surface area (Å²) in [5, 5.41) is 0. The van der Waals surface area contributed by atoms with Crippen molar-refractivity contribution in [1.29, 1.82) is 0 Å². The number of rotatable bonds is 7. The molecular formula is C17H19NO8S3. The van der Waals surface area contributed by atoms with Crippen LogP contribution in [-0.2, 0) is 35.1 Å². The molecule has 0 amide bonds. The van der Waals surface area contributed by atoms with Crippen LogP contribution >= 0.6 is 11.3 Å². The van der Waals surface area contributed by atoms with Gasteiger partial charge in [0.05, 0.1) is 25.5 Å². The molecule has 1 heterocycles. The molecule has 2 rings (SSSR count). The molecule has 0 aliphatic heterocycles. The average molecular weight is 462 g/mol. The summed E-state index contributed by atoms with van der Waals surface area (Å²) in [4.78, 5) is 24.0.